The largest absolute Gasteiger partial charge is 0.459 e. The molecule has 1 saturated heterocycles. The lowest BCUT2D eigenvalue weighted by Gasteiger charge is -2.31. The van der Waals surface area contributed by atoms with Gasteiger partial charge >= 0.3 is 0 Å². The lowest BCUT2D eigenvalue weighted by molar-refractivity contribution is -0.117. The van der Waals surface area contributed by atoms with Gasteiger partial charge in [-0.2, -0.15) is 0 Å². The molecule has 32 heavy (non-hydrogen) atoms. The highest BCUT2D eigenvalue weighted by Gasteiger charge is 2.24. The molecule has 1 aromatic carbocycles. The fourth-order valence-electron chi connectivity index (χ4n) is 3.67. The van der Waals surface area contributed by atoms with Crippen molar-refractivity contribution in [1.29, 1.82) is 0 Å². The van der Waals surface area contributed by atoms with Crippen LogP contribution in [0.4, 0.5) is 5.69 Å². The Morgan fingerprint density at radius 1 is 1.09 bits per heavy atom. The van der Waals surface area contributed by atoms with Crippen LogP contribution in [0.5, 0.6) is 0 Å². The van der Waals surface area contributed by atoms with Crippen molar-refractivity contribution in [1.82, 2.24) is 15.5 Å². The maximum atomic E-state index is 12.6. The summed E-state index contributed by atoms with van der Waals surface area (Å²) >= 11 is 0. The fraction of sp³-hybridized carbons (Fsp3) is 0.458. The van der Waals surface area contributed by atoms with Crippen LogP contribution < -0.4 is 16.0 Å². The van der Waals surface area contributed by atoms with E-state index in [1.165, 1.54) is 6.26 Å². The maximum absolute atomic E-state index is 12.6. The van der Waals surface area contributed by atoms with Crippen LogP contribution in [0.3, 0.4) is 0 Å². The zero-order valence-electron chi connectivity index (χ0n) is 18.9. The highest BCUT2D eigenvalue weighted by Crippen LogP contribution is 2.17. The first kappa shape index (κ1) is 23.5. The zero-order valence-corrected chi connectivity index (χ0v) is 18.9. The van der Waals surface area contributed by atoms with E-state index >= 15 is 0 Å². The first-order valence-corrected chi connectivity index (χ1v) is 11.1. The van der Waals surface area contributed by atoms with Crippen molar-refractivity contribution in [3.05, 3.63) is 53.5 Å². The number of aryl methyl sites for hydroxylation is 1. The molecule has 0 unspecified atom stereocenters. The zero-order chi connectivity index (χ0) is 23.1. The average Bonchev–Trinajstić information content (AvgIpc) is 3.19. The minimum Gasteiger partial charge on any atom is -0.459 e. The highest BCUT2D eigenvalue weighted by atomic mass is 16.3. The van der Waals surface area contributed by atoms with Crippen molar-refractivity contribution in [2.45, 2.75) is 39.7 Å². The van der Waals surface area contributed by atoms with Crippen LogP contribution in [0.25, 0.3) is 0 Å². The topological polar surface area (TPSA) is 104 Å². The summed E-state index contributed by atoms with van der Waals surface area (Å²) in [5.74, 6) is 0.135. The van der Waals surface area contributed by atoms with Crippen molar-refractivity contribution < 1.29 is 18.8 Å². The number of piperidine rings is 1. The minimum atomic E-state index is -0.198. The van der Waals surface area contributed by atoms with Crippen molar-refractivity contribution >= 4 is 23.4 Å². The first-order valence-electron chi connectivity index (χ1n) is 11.1. The Hall–Kier alpha value is -3.13. The van der Waals surface area contributed by atoms with Crippen molar-refractivity contribution in [2.75, 3.05) is 31.5 Å². The van der Waals surface area contributed by atoms with E-state index in [-0.39, 0.29) is 30.3 Å². The summed E-state index contributed by atoms with van der Waals surface area (Å²) in [5.41, 5.74) is 1.78. The number of nitrogens with zero attached hydrogens (tertiary/aromatic N) is 1. The molecule has 172 valence electrons. The van der Waals surface area contributed by atoms with Gasteiger partial charge in [-0.1, -0.05) is 26.0 Å². The van der Waals surface area contributed by atoms with Gasteiger partial charge in [-0.3, -0.25) is 19.3 Å². The van der Waals surface area contributed by atoms with E-state index in [1.807, 2.05) is 20.8 Å². The number of hydrogen-bond donors (Lipinski definition) is 3. The lowest BCUT2D eigenvalue weighted by atomic mass is 10.0. The van der Waals surface area contributed by atoms with Gasteiger partial charge in [-0.25, -0.2) is 0 Å². The second kappa shape index (κ2) is 10.9. The maximum Gasteiger partial charge on any atom is 0.287 e. The van der Waals surface area contributed by atoms with Gasteiger partial charge in [0.1, 0.15) is 0 Å². The molecule has 1 aliphatic rings. The van der Waals surface area contributed by atoms with Crippen molar-refractivity contribution in [2.24, 2.45) is 5.92 Å². The van der Waals surface area contributed by atoms with Gasteiger partial charge in [-0.05, 0) is 43.9 Å². The molecule has 0 radical (unpaired) electrons. The van der Waals surface area contributed by atoms with Crippen molar-refractivity contribution in [3.63, 3.8) is 0 Å². The van der Waals surface area contributed by atoms with E-state index in [0.29, 0.717) is 42.6 Å². The number of carbonyl (C=O) groups is 3. The van der Waals surface area contributed by atoms with Crippen LogP contribution >= 0.6 is 0 Å². The molecule has 0 spiro atoms. The van der Waals surface area contributed by atoms with Gasteiger partial charge in [-0.15, -0.1) is 0 Å². The summed E-state index contributed by atoms with van der Waals surface area (Å²) in [6.45, 7) is 8.11. The SMILES string of the molecule is Cc1ccoc1C(=O)NC1CCN(CC(=O)Nc2ccccc2C(=O)NCC(C)C)CC1. The average molecular weight is 441 g/mol. The molecule has 2 aromatic rings. The van der Waals surface area contributed by atoms with Crippen LogP contribution in [0.2, 0.25) is 0 Å². The molecule has 3 amide bonds. The van der Waals surface area contributed by atoms with Crippen LogP contribution in [-0.4, -0.2) is 54.8 Å². The number of benzene rings is 1. The molecule has 3 rings (SSSR count). The Morgan fingerprint density at radius 3 is 2.47 bits per heavy atom. The van der Waals surface area contributed by atoms with Gasteiger partial charge in [0.15, 0.2) is 5.76 Å². The van der Waals surface area contributed by atoms with E-state index in [1.54, 1.807) is 30.3 Å². The molecular weight excluding hydrogens is 408 g/mol. The molecule has 3 N–H and O–H groups in total. The quantitative estimate of drug-likeness (QED) is 0.586. The molecule has 1 aromatic heterocycles. The number of likely N-dealkylation sites (tertiary alicyclic amines) is 1. The number of carbonyl (C=O) groups excluding carboxylic acids is 3. The summed E-state index contributed by atoms with van der Waals surface area (Å²) in [7, 11) is 0. The number of rotatable bonds is 8. The third kappa shape index (κ3) is 6.43. The van der Waals surface area contributed by atoms with Gasteiger partial charge in [0.2, 0.25) is 5.91 Å². The molecule has 8 nitrogen and oxygen atoms in total. The van der Waals surface area contributed by atoms with Crippen LogP contribution in [-0.2, 0) is 4.79 Å². The molecule has 1 aliphatic heterocycles. The molecule has 1 fully saturated rings. The van der Waals surface area contributed by atoms with E-state index in [4.69, 9.17) is 4.42 Å². The number of para-hydroxylation sites is 1. The normalized spacial score (nSPS) is 14.9. The van der Waals surface area contributed by atoms with E-state index < -0.39 is 0 Å². The molecule has 0 atom stereocenters. The second-order valence-electron chi connectivity index (χ2n) is 8.65. The van der Waals surface area contributed by atoms with Crippen molar-refractivity contribution in [3.8, 4) is 0 Å². The molecular formula is C24H32N4O4. The summed E-state index contributed by atoms with van der Waals surface area (Å²) in [4.78, 5) is 39.4. The molecule has 0 bridgehead atoms. The Labute approximate surface area is 188 Å². The number of amides is 3. The Balaban J connectivity index is 1.47. The fourth-order valence-corrected chi connectivity index (χ4v) is 3.67. The summed E-state index contributed by atoms with van der Waals surface area (Å²) in [6.07, 6.45) is 3.03. The minimum absolute atomic E-state index is 0.0525. The molecule has 0 aliphatic carbocycles. The predicted molar refractivity (Wildman–Crippen MR) is 123 cm³/mol. The molecule has 8 heteroatoms. The number of furan rings is 1. The Bertz CT molecular complexity index is 945. The van der Waals surface area contributed by atoms with Crippen LogP contribution in [0.1, 0.15) is 53.2 Å². The standard InChI is InChI=1S/C24H32N4O4/c1-16(2)14-25-23(30)19-6-4-5-7-20(19)27-21(29)15-28-11-8-18(9-12-28)26-24(31)22-17(3)10-13-32-22/h4-7,10,13,16,18H,8-9,11-12,14-15H2,1-3H3,(H,25,30)(H,26,31)(H,27,29). The lowest BCUT2D eigenvalue weighted by Crippen LogP contribution is -2.46. The summed E-state index contributed by atoms with van der Waals surface area (Å²) in [5, 5.41) is 8.77. The van der Waals surface area contributed by atoms with E-state index in [9.17, 15) is 14.4 Å². The number of hydrogen-bond acceptors (Lipinski definition) is 5. The number of anilines is 1. The molecule has 0 saturated carbocycles. The smallest absolute Gasteiger partial charge is 0.287 e. The first-order chi connectivity index (χ1) is 15.3. The third-order valence-electron chi connectivity index (χ3n) is 5.47. The van der Waals surface area contributed by atoms with Gasteiger partial charge in [0.25, 0.3) is 11.8 Å². The second-order valence-corrected chi connectivity index (χ2v) is 8.65. The number of nitrogens with one attached hydrogen (secondary N) is 3. The Morgan fingerprint density at radius 2 is 1.81 bits per heavy atom. The highest BCUT2D eigenvalue weighted by molar-refractivity contribution is 6.04. The van der Waals surface area contributed by atoms with E-state index in [2.05, 4.69) is 20.9 Å². The Kier molecular flexibility index (Phi) is 8.05. The van der Waals surface area contributed by atoms with E-state index in [0.717, 1.165) is 18.4 Å². The van der Waals surface area contributed by atoms with Gasteiger partial charge in [0, 0.05) is 31.2 Å². The molecule has 2 heterocycles. The predicted octanol–water partition coefficient (Wildman–Crippen LogP) is 2.81. The van der Waals surface area contributed by atoms with Gasteiger partial charge < -0.3 is 20.4 Å². The van der Waals surface area contributed by atoms with Crippen LogP contribution in [0.15, 0.2) is 41.0 Å². The van der Waals surface area contributed by atoms with Crippen LogP contribution in [0, 0.1) is 12.8 Å². The third-order valence-corrected chi connectivity index (χ3v) is 5.47. The van der Waals surface area contributed by atoms with Gasteiger partial charge in [0.05, 0.1) is 24.1 Å². The summed E-state index contributed by atoms with van der Waals surface area (Å²) < 4.78 is 5.25. The summed E-state index contributed by atoms with van der Waals surface area (Å²) in [6, 6.07) is 8.84. The monoisotopic (exact) mass is 440 g/mol.